The lowest BCUT2D eigenvalue weighted by Crippen LogP contribution is -2.56. The smallest absolute Gasteiger partial charge is 0.328 e. The van der Waals surface area contributed by atoms with Crippen LogP contribution in [0.4, 0.5) is 0 Å². The number of carboxylic acids is 2. The van der Waals surface area contributed by atoms with Gasteiger partial charge in [-0.2, -0.15) is 0 Å². The van der Waals surface area contributed by atoms with Crippen LogP contribution in [0, 0.1) is 0 Å². The summed E-state index contributed by atoms with van der Waals surface area (Å²) >= 11 is 0. The van der Waals surface area contributed by atoms with Crippen molar-refractivity contribution in [2.24, 2.45) is 5.73 Å². The van der Waals surface area contributed by atoms with Crippen LogP contribution in [0.1, 0.15) is 13.3 Å². The molecule has 0 radical (unpaired) electrons. The number of nitrogens with one attached hydrogen (secondary N) is 3. The molecule has 0 fully saturated rings. The normalized spacial score (nSPS) is 15.1. The predicted octanol–water partition coefficient (Wildman–Crippen LogP) is -4.67. The molecule has 0 aliphatic carbocycles. The van der Waals surface area contributed by atoms with E-state index in [1.54, 1.807) is 0 Å². The molecule has 0 aromatic rings. The van der Waals surface area contributed by atoms with E-state index in [-0.39, 0.29) is 0 Å². The lowest BCUT2D eigenvalue weighted by Gasteiger charge is -2.22. The maximum Gasteiger partial charge on any atom is 0.328 e. The number of rotatable bonds is 11. The molecule has 0 aliphatic heterocycles. The average molecular weight is 378 g/mol. The van der Waals surface area contributed by atoms with Gasteiger partial charge in [0.2, 0.25) is 17.7 Å². The summed E-state index contributed by atoms with van der Waals surface area (Å²) < 4.78 is 0. The number of nitrogens with two attached hydrogens (primary N) is 1. The lowest BCUT2D eigenvalue weighted by atomic mass is 10.1. The number of hydrogen-bond acceptors (Lipinski definition) is 8. The molecule has 0 rings (SSSR count). The molecule has 13 heteroatoms. The number of carboxylic acid groups (broad SMARTS) is 2. The fraction of sp³-hybridized carbons (Fsp3) is 0.615. The minimum absolute atomic E-state index is 0.658. The molecule has 9 N–H and O–H groups in total. The molecule has 0 saturated carbocycles. The Kier molecular flexibility index (Phi) is 9.80. The van der Waals surface area contributed by atoms with Crippen LogP contribution in [0.3, 0.4) is 0 Å². The highest BCUT2D eigenvalue weighted by molar-refractivity contribution is 5.94. The summed E-state index contributed by atoms with van der Waals surface area (Å²) in [4.78, 5) is 56.9. The highest BCUT2D eigenvalue weighted by atomic mass is 16.4. The zero-order chi connectivity index (χ0) is 20.4. The first kappa shape index (κ1) is 23.2. The van der Waals surface area contributed by atoms with E-state index in [4.69, 9.17) is 21.1 Å². The topological polar surface area (TPSA) is 228 Å². The zero-order valence-corrected chi connectivity index (χ0v) is 13.8. The Labute approximate surface area is 147 Å². The summed E-state index contributed by atoms with van der Waals surface area (Å²) in [6.07, 6.45) is -2.34. The van der Waals surface area contributed by atoms with Crippen LogP contribution >= 0.6 is 0 Å². The molecule has 0 aromatic heterocycles. The first-order chi connectivity index (χ1) is 12.0. The Hall–Kier alpha value is -2.77. The molecule has 0 spiro atoms. The van der Waals surface area contributed by atoms with Gasteiger partial charge in [-0.05, 0) is 6.92 Å². The third-order valence-corrected chi connectivity index (χ3v) is 3.03. The third-order valence-electron chi connectivity index (χ3n) is 3.03. The molecule has 0 bridgehead atoms. The summed E-state index contributed by atoms with van der Waals surface area (Å²) in [5, 5.41) is 41.7. The lowest BCUT2D eigenvalue weighted by molar-refractivity contribution is -0.145. The summed E-state index contributed by atoms with van der Waals surface area (Å²) in [5.74, 6) is -5.96. The van der Waals surface area contributed by atoms with E-state index in [9.17, 15) is 29.1 Å². The predicted molar refractivity (Wildman–Crippen MR) is 83.5 cm³/mol. The Morgan fingerprint density at radius 3 is 2.04 bits per heavy atom. The highest BCUT2D eigenvalue weighted by Gasteiger charge is 2.30. The van der Waals surface area contributed by atoms with Gasteiger partial charge < -0.3 is 42.1 Å². The number of carbonyl (C=O) groups is 5. The number of hydrogen-bond donors (Lipinski definition) is 8. The van der Waals surface area contributed by atoms with Crippen molar-refractivity contribution in [3.8, 4) is 0 Å². The van der Waals surface area contributed by atoms with Gasteiger partial charge in [-0.25, -0.2) is 4.79 Å². The van der Waals surface area contributed by atoms with Crippen LogP contribution < -0.4 is 21.7 Å². The van der Waals surface area contributed by atoms with Gasteiger partial charge in [-0.15, -0.1) is 0 Å². The van der Waals surface area contributed by atoms with Gasteiger partial charge in [0.05, 0.1) is 25.7 Å². The van der Waals surface area contributed by atoms with Crippen molar-refractivity contribution in [1.29, 1.82) is 0 Å². The van der Waals surface area contributed by atoms with Gasteiger partial charge in [0.15, 0.2) is 6.04 Å². The number of carbonyl (C=O) groups excluding carboxylic acids is 3. The van der Waals surface area contributed by atoms with Crippen molar-refractivity contribution in [1.82, 2.24) is 16.0 Å². The van der Waals surface area contributed by atoms with Crippen molar-refractivity contribution in [2.75, 3.05) is 13.2 Å². The van der Waals surface area contributed by atoms with E-state index >= 15 is 0 Å². The molecule has 4 unspecified atom stereocenters. The Morgan fingerprint density at radius 2 is 1.62 bits per heavy atom. The molecule has 148 valence electrons. The molecule has 26 heavy (non-hydrogen) atoms. The van der Waals surface area contributed by atoms with Gasteiger partial charge in [-0.1, -0.05) is 0 Å². The summed E-state index contributed by atoms with van der Waals surface area (Å²) in [5.41, 5.74) is 5.21. The fourth-order valence-electron chi connectivity index (χ4n) is 1.65. The summed E-state index contributed by atoms with van der Waals surface area (Å²) in [6.45, 7) is -0.216. The van der Waals surface area contributed by atoms with Gasteiger partial charge in [-0.3, -0.25) is 19.2 Å². The van der Waals surface area contributed by atoms with Crippen molar-refractivity contribution < 1.29 is 44.4 Å². The molecule has 0 aromatic carbocycles. The maximum absolute atomic E-state index is 12.0. The Bertz CT molecular complexity index is 552. The Balaban J connectivity index is 4.90. The van der Waals surface area contributed by atoms with E-state index in [1.165, 1.54) is 0 Å². The van der Waals surface area contributed by atoms with Crippen LogP contribution in [-0.2, 0) is 24.0 Å². The molecule has 0 aliphatic rings. The average Bonchev–Trinajstić information content (AvgIpc) is 2.54. The number of aliphatic hydroxyl groups excluding tert-OH is 2. The van der Waals surface area contributed by atoms with Gasteiger partial charge in [0.1, 0.15) is 12.1 Å². The van der Waals surface area contributed by atoms with Crippen LogP contribution in [-0.4, -0.2) is 87.5 Å². The second-order valence-electron chi connectivity index (χ2n) is 5.29. The molecule has 0 heterocycles. The molecular formula is C13H22N4O9. The largest absolute Gasteiger partial charge is 0.481 e. The van der Waals surface area contributed by atoms with Gasteiger partial charge >= 0.3 is 11.9 Å². The second kappa shape index (κ2) is 11.0. The first-order valence-corrected chi connectivity index (χ1v) is 7.36. The molecule has 13 nitrogen and oxygen atoms in total. The molecular weight excluding hydrogens is 356 g/mol. The number of amides is 3. The molecule has 0 saturated heterocycles. The number of aliphatic hydroxyl groups is 2. The van der Waals surface area contributed by atoms with Crippen LogP contribution in [0.5, 0.6) is 0 Å². The standard InChI is InChI=1S/C13H22N4O9/c1-5(19)10(13(25)26)17-12(24)7(2-9(21)22)16-8(20)3-15-11(23)6(14)4-18/h5-7,10,18-19H,2-4,14H2,1H3,(H,15,23)(H,16,20)(H,17,24)(H,21,22)(H,25,26). The van der Waals surface area contributed by atoms with Crippen molar-refractivity contribution in [3.05, 3.63) is 0 Å². The minimum Gasteiger partial charge on any atom is -0.481 e. The molecule has 4 atom stereocenters. The summed E-state index contributed by atoms with van der Waals surface area (Å²) in [7, 11) is 0. The highest BCUT2D eigenvalue weighted by Crippen LogP contribution is 1.98. The third kappa shape index (κ3) is 8.36. The van der Waals surface area contributed by atoms with Crippen LogP contribution in [0.15, 0.2) is 0 Å². The van der Waals surface area contributed by atoms with E-state index in [0.717, 1.165) is 6.92 Å². The summed E-state index contributed by atoms with van der Waals surface area (Å²) in [6, 6.07) is -4.62. The first-order valence-electron chi connectivity index (χ1n) is 7.36. The van der Waals surface area contributed by atoms with Gasteiger partial charge in [0, 0.05) is 0 Å². The maximum atomic E-state index is 12.0. The fourth-order valence-corrected chi connectivity index (χ4v) is 1.65. The molecule has 3 amide bonds. The van der Waals surface area contributed by atoms with E-state index in [0.29, 0.717) is 0 Å². The van der Waals surface area contributed by atoms with Crippen molar-refractivity contribution >= 4 is 29.7 Å². The van der Waals surface area contributed by atoms with E-state index < -0.39 is 73.5 Å². The zero-order valence-electron chi connectivity index (χ0n) is 13.8. The van der Waals surface area contributed by atoms with Crippen LogP contribution in [0.25, 0.3) is 0 Å². The van der Waals surface area contributed by atoms with Crippen molar-refractivity contribution in [3.63, 3.8) is 0 Å². The SMILES string of the molecule is CC(O)C(NC(=O)C(CC(=O)O)NC(=O)CNC(=O)C(N)CO)C(=O)O. The minimum atomic E-state index is -1.71. The van der Waals surface area contributed by atoms with E-state index in [2.05, 4.69) is 5.32 Å². The number of aliphatic carboxylic acids is 2. The monoisotopic (exact) mass is 378 g/mol. The van der Waals surface area contributed by atoms with Gasteiger partial charge in [0.25, 0.3) is 0 Å². The second-order valence-corrected chi connectivity index (χ2v) is 5.29. The van der Waals surface area contributed by atoms with E-state index in [1.807, 2.05) is 10.6 Å². The Morgan fingerprint density at radius 1 is 1.04 bits per heavy atom. The van der Waals surface area contributed by atoms with Crippen LogP contribution in [0.2, 0.25) is 0 Å². The quantitative estimate of drug-likeness (QED) is 0.171. The van der Waals surface area contributed by atoms with Crippen molar-refractivity contribution in [2.45, 2.75) is 37.6 Å².